The molecule has 1 heterocycles. The molecular weight excluding hydrogens is 188 g/mol. The molecule has 1 aliphatic heterocycles. The third-order valence-electron chi connectivity index (χ3n) is 3.24. The van der Waals surface area contributed by atoms with Crippen LogP contribution >= 0.6 is 0 Å². The Balaban J connectivity index is 2.32. The molecule has 2 rings (SSSR count). The number of Topliss-reactive ketones (excluding diaryl/α,β-unsaturated/α-hetero) is 1. The number of hydrogen-bond donors (Lipinski definition) is 1. The third kappa shape index (κ3) is 1.53. The minimum atomic E-state index is 0.0497. The van der Waals surface area contributed by atoms with Crippen LogP contribution in [0, 0.1) is 5.92 Å². The second kappa shape index (κ2) is 3.66. The van der Waals surface area contributed by atoms with Crippen molar-refractivity contribution in [3.05, 3.63) is 35.6 Å². The van der Waals surface area contributed by atoms with Gasteiger partial charge in [-0.25, -0.2) is 0 Å². The van der Waals surface area contributed by atoms with Crippen molar-refractivity contribution in [3.8, 4) is 0 Å². The van der Waals surface area contributed by atoms with E-state index in [0.717, 1.165) is 5.57 Å². The van der Waals surface area contributed by atoms with E-state index in [1.165, 1.54) is 5.70 Å². The Labute approximate surface area is 89.9 Å². The maximum absolute atomic E-state index is 11.6. The lowest BCUT2D eigenvalue weighted by Gasteiger charge is -2.28. The summed E-state index contributed by atoms with van der Waals surface area (Å²) in [5, 5.41) is 0. The molecule has 0 fully saturated rings. The number of nitrogens with two attached hydrogens (primary N) is 1. The fourth-order valence-corrected chi connectivity index (χ4v) is 2.26. The molecule has 0 aromatic rings. The lowest BCUT2D eigenvalue weighted by molar-refractivity contribution is -0.114. The van der Waals surface area contributed by atoms with Gasteiger partial charge in [0.25, 0.3) is 0 Å². The molecule has 0 amide bonds. The number of allylic oxidation sites excluding steroid dienone is 3. The van der Waals surface area contributed by atoms with Crippen molar-refractivity contribution in [3.63, 3.8) is 0 Å². The summed E-state index contributed by atoms with van der Waals surface area (Å²) in [5.74, 6) is 0.241. The van der Waals surface area contributed by atoms with Gasteiger partial charge < -0.3 is 10.6 Å². The van der Waals surface area contributed by atoms with Crippen molar-refractivity contribution in [1.82, 2.24) is 4.90 Å². The van der Waals surface area contributed by atoms with E-state index >= 15 is 0 Å². The van der Waals surface area contributed by atoms with Crippen LogP contribution in [0.5, 0.6) is 0 Å². The van der Waals surface area contributed by atoms with E-state index in [1.54, 1.807) is 0 Å². The zero-order chi connectivity index (χ0) is 11.0. The first-order chi connectivity index (χ1) is 7.15. The van der Waals surface area contributed by atoms with Gasteiger partial charge in [0, 0.05) is 24.2 Å². The fraction of sp³-hybridized carbons (Fsp3) is 0.417. The molecule has 0 radical (unpaired) electrons. The lowest BCUT2D eigenvalue weighted by Crippen LogP contribution is -2.33. The zero-order valence-corrected chi connectivity index (χ0v) is 9.10. The van der Waals surface area contributed by atoms with E-state index in [1.807, 2.05) is 12.2 Å². The number of rotatable bonds is 2. The first-order valence-corrected chi connectivity index (χ1v) is 5.18. The van der Waals surface area contributed by atoms with Gasteiger partial charge in [-0.3, -0.25) is 4.79 Å². The predicted molar refractivity (Wildman–Crippen MR) is 60.1 cm³/mol. The van der Waals surface area contributed by atoms with Gasteiger partial charge in [-0.1, -0.05) is 24.3 Å². The maximum atomic E-state index is 11.6. The van der Waals surface area contributed by atoms with Gasteiger partial charge in [0.1, 0.15) is 0 Å². The van der Waals surface area contributed by atoms with Crippen LogP contribution < -0.4 is 5.73 Å². The van der Waals surface area contributed by atoms with Gasteiger partial charge in [0.05, 0.1) is 12.6 Å². The monoisotopic (exact) mass is 204 g/mol. The van der Waals surface area contributed by atoms with E-state index in [2.05, 4.69) is 31.0 Å². The number of carbonyl (C=O) groups is 1. The smallest absolute Gasteiger partial charge is 0.173 e. The van der Waals surface area contributed by atoms with Crippen LogP contribution in [0.3, 0.4) is 0 Å². The van der Waals surface area contributed by atoms with Crippen LogP contribution in [0.15, 0.2) is 35.6 Å². The normalized spacial score (nSPS) is 28.6. The largest absolute Gasteiger partial charge is 0.371 e. The Bertz CT molecular complexity index is 379. The number of carbonyl (C=O) groups excluding carboxylic acids is 1. The molecule has 2 atom stereocenters. The molecule has 80 valence electrons. The van der Waals surface area contributed by atoms with Gasteiger partial charge in [-0.15, -0.1) is 0 Å². The van der Waals surface area contributed by atoms with Crippen molar-refractivity contribution in [2.24, 2.45) is 11.7 Å². The molecule has 0 spiro atoms. The molecule has 2 unspecified atom stereocenters. The topological polar surface area (TPSA) is 46.3 Å². The minimum absolute atomic E-state index is 0.0497. The van der Waals surface area contributed by atoms with Gasteiger partial charge in [0.15, 0.2) is 5.78 Å². The molecule has 0 saturated carbocycles. The Morgan fingerprint density at radius 2 is 2.33 bits per heavy atom. The fourth-order valence-electron chi connectivity index (χ4n) is 2.26. The molecule has 0 aromatic heterocycles. The lowest BCUT2D eigenvalue weighted by atomic mass is 9.86. The number of hydrogen-bond acceptors (Lipinski definition) is 3. The number of fused-ring (bicyclic) bond motifs is 1. The van der Waals surface area contributed by atoms with Crippen LogP contribution in [0.2, 0.25) is 0 Å². The summed E-state index contributed by atoms with van der Waals surface area (Å²) in [6.07, 6.45) is 8.12. The zero-order valence-electron chi connectivity index (χ0n) is 9.10. The molecule has 0 aromatic carbocycles. The Hall–Kier alpha value is -1.35. The molecule has 0 saturated heterocycles. The molecule has 15 heavy (non-hydrogen) atoms. The SMILES string of the molecule is CC1=CC2C(C(=O)CN)=CC=CC2N1C. The number of nitrogens with zero attached hydrogens (tertiary/aromatic N) is 1. The van der Waals surface area contributed by atoms with E-state index in [0.29, 0.717) is 6.04 Å². The maximum Gasteiger partial charge on any atom is 0.173 e. The van der Waals surface area contributed by atoms with Crippen LogP contribution in [0.1, 0.15) is 6.92 Å². The molecule has 1 aliphatic carbocycles. The molecule has 3 nitrogen and oxygen atoms in total. The molecule has 2 N–H and O–H groups in total. The summed E-state index contributed by atoms with van der Waals surface area (Å²) >= 11 is 0. The Morgan fingerprint density at radius 1 is 1.60 bits per heavy atom. The van der Waals surface area contributed by atoms with Gasteiger partial charge in [-0.2, -0.15) is 0 Å². The highest BCUT2D eigenvalue weighted by atomic mass is 16.1. The summed E-state index contributed by atoms with van der Waals surface area (Å²) in [6.45, 7) is 2.16. The van der Waals surface area contributed by atoms with Crippen molar-refractivity contribution in [1.29, 1.82) is 0 Å². The quantitative estimate of drug-likeness (QED) is 0.725. The van der Waals surface area contributed by atoms with Crippen molar-refractivity contribution in [2.45, 2.75) is 13.0 Å². The first-order valence-electron chi connectivity index (χ1n) is 5.18. The minimum Gasteiger partial charge on any atom is -0.371 e. The van der Waals surface area contributed by atoms with Gasteiger partial charge in [0.2, 0.25) is 0 Å². The predicted octanol–water partition coefficient (Wildman–Crippen LogP) is 0.844. The summed E-state index contributed by atoms with van der Waals surface area (Å²) in [6, 6.07) is 0.292. The average Bonchev–Trinajstić information content (AvgIpc) is 2.54. The third-order valence-corrected chi connectivity index (χ3v) is 3.24. The van der Waals surface area contributed by atoms with Crippen molar-refractivity contribution >= 4 is 5.78 Å². The Morgan fingerprint density at radius 3 is 3.00 bits per heavy atom. The second-order valence-corrected chi connectivity index (χ2v) is 4.07. The van der Waals surface area contributed by atoms with Gasteiger partial charge in [-0.05, 0) is 6.92 Å². The summed E-state index contributed by atoms with van der Waals surface area (Å²) in [5.41, 5.74) is 7.46. The number of ketones is 1. The van der Waals surface area contributed by atoms with E-state index in [9.17, 15) is 4.79 Å². The second-order valence-electron chi connectivity index (χ2n) is 4.07. The first kappa shape index (κ1) is 10.2. The van der Waals surface area contributed by atoms with Crippen LogP contribution in [-0.4, -0.2) is 30.3 Å². The average molecular weight is 204 g/mol. The van der Waals surface area contributed by atoms with Crippen LogP contribution in [-0.2, 0) is 4.79 Å². The standard InChI is InChI=1S/C12H16N2O/c1-8-6-10-9(12(15)7-13)4-3-5-11(10)14(8)2/h3-6,10-11H,7,13H2,1-2H3. The van der Waals surface area contributed by atoms with Crippen LogP contribution in [0.25, 0.3) is 0 Å². The summed E-state index contributed by atoms with van der Waals surface area (Å²) in [4.78, 5) is 13.8. The van der Waals surface area contributed by atoms with E-state index < -0.39 is 0 Å². The number of likely N-dealkylation sites (N-methyl/N-ethyl adjacent to an activating group) is 1. The summed E-state index contributed by atoms with van der Waals surface area (Å²) in [7, 11) is 2.05. The van der Waals surface area contributed by atoms with Crippen LogP contribution in [0.4, 0.5) is 0 Å². The molecule has 0 bridgehead atoms. The van der Waals surface area contributed by atoms with Crippen molar-refractivity contribution in [2.75, 3.05) is 13.6 Å². The highest BCUT2D eigenvalue weighted by Gasteiger charge is 2.34. The van der Waals surface area contributed by atoms with E-state index in [-0.39, 0.29) is 18.2 Å². The highest BCUT2D eigenvalue weighted by molar-refractivity contribution is 5.98. The Kier molecular flexibility index (Phi) is 2.49. The molecule has 2 aliphatic rings. The highest BCUT2D eigenvalue weighted by Crippen LogP contribution is 2.34. The van der Waals surface area contributed by atoms with Gasteiger partial charge >= 0.3 is 0 Å². The van der Waals surface area contributed by atoms with Crippen molar-refractivity contribution < 1.29 is 4.79 Å². The molecular formula is C12H16N2O. The van der Waals surface area contributed by atoms with E-state index in [4.69, 9.17) is 5.73 Å². The summed E-state index contributed by atoms with van der Waals surface area (Å²) < 4.78 is 0. The molecule has 3 heteroatoms.